The molecule has 13 heteroatoms. The topological polar surface area (TPSA) is 174 Å². The number of sulfonamides is 1. The van der Waals surface area contributed by atoms with Crippen LogP contribution >= 0.6 is 0 Å². The fraction of sp³-hybridized carbons (Fsp3) is 0.0476. The predicted molar refractivity (Wildman–Crippen MR) is 121 cm³/mol. The van der Waals surface area contributed by atoms with Crippen LogP contribution in [0.2, 0.25) is 0 Å². The molecule has 0 saturated heterocycles. The summed E-state index contributed by atoms with van der Waals surface area (Å²) in [6.07, 6.45) is 1.42. The van der Waals surface area contributed by atoms with Crippen LogP contribution in [0.25, 0.3) is 11.0 Å². The van der Waals surface area contributed by atoms with Gasteiger partial charge < -0.3 is 9.73 Å². The summed E-state index contributed by atoms with van der Waals surface area (Å²) in [5, 5.41) is 13.6. The quantitative estimate of drug-likeness (QED) is 0.238. The van der Waals surface area contributed by atoms with E-state index in [0.717, 1.165) is 0 Å². The van der Waals surface area contributed by atoms with Crippen molar-refractivity contribution >= 4 is 44.2 Å². The van der Waals surface area contributed by atoms with E-state index >= 15 is 0 Å². The maximum Gasteiger partial charge on any atom is 0.349 e. The first kappa shape index (κ1) is 22.5. The van der Waals surface area contributed by atoms with Crippen molar-refractivity contribution in [2.75, 3.05) is 10.0 Å². The highest BCUT2D eigenvalue weighted by atomic mass is 32.2. The summed E-state index contributed by atoms with van der Waals surface area (Å²) in [5.41, 5.74) is -0.655. The molecule has 172 valence electrons. The number of rotatable bonds is 6. The van der Waals surface area contributed by atoms with E-state index in [1.165, 1.54) is 54.7 Å². The lowest BCUT2D eigenvalue weighted by Gasteiger charge is -2.09. The molecule has 0 bridgehead atoms. The summed E-state index contributed by atoms with van der Waals surface area (Å²) >= 11 is 0. The van der Waals surface area contributed by atoms with E-state index in [1.54, 1.807) is 13.0 Å². The van der Waals surface area contributed by atoms with Crippen molar-refractivity contribution in [2.45, 2.75) is 11.8 Å². The van der Waals surface area contributed by atoms with Crippen LogP contribution in [-0.4, -0.2) is 29.2 Å². The smallest absolute Gasteiger partial charge is 0.349 e. The largest absolute Gasteiger partial charge is 0.422 e. The van der Waals surface area contributed by atoms with Crippen molar-refractivity contribution in [3.63, 3.8) is 0 Å². The number of nitrogens with zero attached hydrogens (tertiary/aromatic N) is 3. The van der Waals surface area contributed by atoms with Gasteiger partial charge in [0.2, 0.25) is 5.95 Å². The molecule has 0 aliphatic rings. The first-order valence-electron chi connectivity index (χ1n) is 9.58. The van der Waals surface area contributed by atoms with E-state index in [2.05, 4.69) is 20.0 Å². The second kappa shape index (κ2) is 8.71. The highest BCUT2D eigenvalue weighted by Crippen LogP contribution is 2.21. The summed E-state index contributed by atoms with van der Waals surface area (Å²) in [6.45, 7) is 1.69. The minimum atomic E-state index is -3.98. The third kappa shape index (κ3) is 4.73. The van der Waals surface area contributed by atoms with E-state index < -0.39 is 26.5 Å². The van der Waals surface area contributed by atoms with Gasteiger partial charge in [-0.05, 0) is 49.4 Å². The van der Waals surface area contributed by atoms with E-state index in [1.807, 2.05) is 0 Å². The highest BCUT2D eigenvalue weighted by Gasteiger charge is 2.18. The lowest BCUT2D eigenvalue weighted by Crippen LogP contribution is -2.20. The lowest BCUT2D eigenvalue weighted by molar-refractivity contribution is -0.384. The minimum absolute atomic E-state index is 0.0827. The van der Waals surface area contributed by atoms with E-state index in [-0.39, 0.29) is 38.8 Å². The molecule has 0 aliphatic heterocycles. The predicted octanol–water partition coefficient (Wildman–Crippen LogP) is 2.85. The van der Waals surface area contributed by atoms with Crippen molar-refractivity contribution in [1.82, 2.24) is 9.97 Å². The molecule has 0 unspecified atom stereocenters. The van der Waals surface area contributed by atoms with Gasteiger partial charge in [-0.25, -0.2) is 27.9 Å². The zero-order valence-corrected chi connectivity index (χ0v) is 18.2. The fourth-order valence-corrected chi connectivity index (χ4v) is 3.93. The zero-order valence-electron chi connectivity index (χ0n) is 17.4. The number of aromatic nitrogens is 2. The molecular weight excluding hydrogens is 466 g/mol. The highest BCUT2D eigenvalue weighted by molar-refractivity contribution is 7.92. The Morgan fingerprint density at radius 3 is 2.50 bits per heavy atom. The molecule has 4 rings (SSSR count). The number of carbonyl (C=O) groups is 1. The van der Waals surface area contributed by atoms with Gasteiger partial charge in [-0.1, -0.05) is 0 Å². The Kier molecular flexibility index (Phi) is 5.77. The van der Waals surface area contributed by atoms with E-state index in [0.29, 0.717) is 5.69 Å². The Hall–Kier alpha value is -4.65. The van der Waals surface area contributed by atoms with Crippen LogP contribution in [0.15, 0.2) is 74.9 Å². The number of amides is 1. The average molecular weight is 481 g/mol. The van der Waals surface area contributed by atoms with Gasteiger partial charge in [0.25, 0.3) is 21.6 Å². The summed E-state index contributed by atoms with van der Waals surface area (Å²) < 4.78 is 32.4. The summed E-state index contributed by atoms with van der Waals surface area (Å²) in [7, 11) is -3.98. The van der Waals surface area contributed by atoms with Crippen LogP contribution in [0.5, 0.6) is 0 Å². The average Bonchev–Trinajstić information content (AvgIpc) is 2.78. The number of non-ortho nitro benzene ring substituents is 1. The lowest BCUT2D eigenvalue weighted by atomic mass is 10.1. The van der Waals surface area contributed by atoms with E-state index in [4.69, 9.17) is 4.42 Å². The number of nitro benzene ring substituents is 1. The fourth-order valence-electron chi connectivity index (χ4n) is 2.98. The molecule has 2 N–H and O–H groups in total. The number of anilines is 2. The van der Waals surface area contributed by atoms with Crippen LogP contribution in [0.3, 0.4) is 0 Å². The number of aryl methyl sites for hydroxylation is 1. The first-order valence-corrected chi connectivity index (χ1v) is 11.1. The standard InChI is InChI=1S/C21H15N5O7S/c1-12-8-9-22-21(23-12)25-34(31,32)16-5-2-14(3-6-16)24-19(27)17-11-13-10-15(26(29)30)4-7-18(13)33-20(17)28/h2-11H,1H3,(H,24,27)(H,22,23,25). The van der Waals surface area contributed by atoms with Gasteiger partial charge in [0, 0.05) is 35.1 Å². The Morgan fingerprint density at radius 1 is 1.09 bits per heavy atom. The van der Waals surface area contributed by atoms with E-state index in [9.17, 15) is 28.1 Å². The molecule has 0 aliphatic carbocycles. The molecule has 1 amide bonds. The van der Waals surface area contributed by atoms with Gasteiger partial charge >= 0.3 is 5.63 Å². The van der Waals surface area contributed by atoms with Crippen LogP contribution in [0, 0.1) is 17.0 Å². The normalized spacial score (nSPS) is 11.2. The Labute approximate surface area is 191 Å². The Bertz CT molecular complexity index is 1600. The molecule has 0 radical (unpaired) electrons. The first-order chi connectivity index (χ1) is 16.1. The molecule has 2 aromatic carbocycles. The van der Waals surface area contributed by atoms with Gasteiger partial charge in [0.05, 0.1) is 9.82 Å². The van der Waals surface area contributed by atoms with Crippen molar-refractivity contribution in [2.24, 2.45) is 0 Å². The maximum absolute atomic E-state index is 12.6. The minimum Gasteiger partial charge on any atom is -0.422 e. The van der Waals surface area contributed by atoms with Crippen molar-refractivity contribution in [3.05, 3.63) is 92.6 Å². The third-order valence-corrected chi connectivity index (χ3v) is 5.96. The van der Waals surface area contributed by atoms with Gasteiger partial charge in [-0.2, -0.15) is 0 Å². The maximum atomic E-state index is 12.6. The van der Waals surface area contributed by atoms with Gasteiger partial charge in [-0.3, -0.25) is 14.9 Å². The molecule has 34 heavy (non-hydrogen) atoms. The summed E-state index contributed by atoms with van der Waals surface area (Å²) in [5.74, 6) is -0.912. The SMILES string of the molecule is Cc1ccnc(NS(=O)(=O)c2ccc(NC(=O)c3cc4cc([N+](=O)[O-])ccc4oc3=O)cc2)n1. The molecule has 2 heterocycles. The number of nitro groups is 1. The molecule has 0 saturated carbocycles. The zero-order chi connectivity index (χ0) is 24.5. The van der Waals surface area contributed by atoms with Crippen LogP contribution in [-0.2, 0) is 10.0 Å². The summed E-state index contributed by atoms with van der Waals surface area (Å²) in [4.78, 5) is 42.9. The molecule has 0 spiro atoms. The third-order valence-electron chi connectivity index (χ3n) is 4.61. The number of fused-ring (bicyclic) bond motifs is 1. The number of hydrogen-bond donors (Lipinski definition) is 2. The van der Waals surface area contributed by atoms with Crippen molar-refractivity contribution in [1.29, 1.82) is 0 Å². The van der Waals surface area contributed by atoms with Crippen molar-refractivity contribution in [3.8, 4) is 0 Å². The Balaban J connectivity index is 1.54. The van der Waals surface area contributed by atoms with Crippen LogP contribution < -0.4 is 15.7 Å². The number of benzene rings is 2. The van der Waals surface area contributed by atoms with Gasteiger partial charge in [0.15, 0.2) is 0 Å². The molecule has 0 atom stereocenters. The molecule has 12 nitrogen and oxygen atoms in total. The monoisotopic (exact) mass is 481 g/mol. The molecule has 4 aromatic rings. The second-order valence-corrected chi connectivity index (χ2v) is 8.71. The Morgan fingerprint density at radius 2 is 1.82 bits per heavy atom. The molecular formula is C21H15N5O7S. The number of carbonyl (C=O) groups excluding carboxylic acids is 1. The van der Waals surface area contributed by atoms with Crippen LogP contribution in [0.1, 0.15) is 16.1 Å². The van der Waals surface area contributed by atoms with Gasteiger partial charge in [-0.15, -0.1) is 0 Å². The number of hydrogen-bond acceptors (Lipinski definition) is 9. The molecule has 2 aromatic heterocycles. The second-order valence-electron chi connectivity index (χ2n) is 7.03. The van der Waals surface area contributed by atoms with Crippen molar-refractivity contribution < 1.29 is 22.6 Å². The van der Waals surface area contributed by atoms with Crippen LogP contribution in [0.4, 0.5) is 17.3 Å². The molecule has 0 fully saturated rings. The van der Waals surface area contributed by atoms with Gasteiger partial charge in [0.1, 0.15) is 11.1 Å². The summed E-state index contributed by atoms with van der Waals surface area (Å²) in [6, 6.07) is 11.6. The number of nitrogens with one attached hydrogen (secondary N) is 2.